The van der Waals surface area contributed by atoms with Gasteiger partial charge in [0.1, 0.15) is 0 Å². The maximum atomic E-state index is 10.9. The van der Waals surface area contributed by atoms with Crippen LogP contribution in [0.4, 0.5) is 4.79 Å². The number of benzene rings is 1. The highest BCUT2D eigenvalue weighted by molar-refractivity contribution is 5.59. The second kappa shape index (κ2) is 6.85. The first kappa shape index (κ1) is 12.5. The van der Waals surface area contributed by atoms with Gasteiger partial charge in [0.2, 0.25) is 6.29 Å². The molecule has 1 rings (SSSR count). The number of carbonyl (C=O) groups is 1. The van der Waals surface area contributed by atoms with Gasteiger partial charge >= 0.3 is 6.16 Å². The number of ether oxygens (including phenoxy) is 2. The summed E-state index contributed by atoms with van der Waals surface area (Å²) in [6, 6.07) is 9.69. The number of hydrogen-bond donors (Lipinski definition) is 1. The van der Waals surface area contributed by atoms with Gasteiger partial charge in [-0.25, -0.2) is 4.79 Å². The topological polar surface area (TPSA) is 55.8 Å². The van der Waals surface area contributed by atoms with Crippen molar-refractivity contribution >= 4 is 6.16 Å². The van der Waals surface area contributed by atoms with E-state index in [1.54, 1.807) is 6.92 Å². The monoisotopic (exact) mass is 224 g/mol. The molecule has 4 heteroatoms. The first-order chi connectivity index (χ1) is 7.72. The lowest BCUT2D eigenvalue weighted by Crippen LogP contribution is -2.19. The molecule has 1 N–H and O–H groups in total. The van der Waals surface area contributed by atoms with E-state index in [1.807, 2.05) is 30.3 Å². The van der Waals surface area contributed by atoms with Crippen LogP contribution in [0.15, 0.2) is 30.3 Å². The quantitative estimate of drug-likeness (QED) is 0.614. The van der Waals surface area contributed by atoms with E-state index in [4.69, 9.17) is 0 Å². The summed E-state index contributed by atoms with van der Waals surface area (Å²) in [6.45, 7) is 1.92. The Morgan fingerprint density at radius 1 is 1.38 bits per heavy atom. The summed E-state index contributed by atoms with van der Waals surface area (Å²) in [5.41, 5.74) is 1.09. The van der Waals surface area contributed by atoms with Gasteiger partial charge in [-0.2, -0.15) is 0 Å². The summed E-state index contributed by atoms with van der Waals surface area (Å²) in [5, 5.41) is 9.38. The predicted octanol–water partition coefficient (Wildman–Crippen LogP) is 2.11. The average Bonchev–Trinajstić information content (AvgIpc) is 2.28. The van der Waals surface area contributed by atoms with Gasteiger partial charge < -0.3 is 14.6 Å². The first-order valence-corrected chi connectivity index (χ1v) is 5.27. The lowest BCUT2D eigenvalue weighted by Gasteiger charge is -2.11. The van der Waals surface area contributed by atoms with Crippen molar-refractivity contribution in [3.05, 3.63) is 35.9 Å². The second-order valence-electron chi connectivity index (χ2n) is 3.28. The summed E-state index contributed by atoms with van der Waals surface area (Å²) in [7, 11) is 0. The van der Waals surface area contributed by atoms with E-state index in [0.29, 0.717) is 12.8 Å². The van der Waals surface area contributed by atoms with Crippen LogP contribution in [0.3, 0.4) is 0 Å². The Hall–Kier alpha value is -1.55. The van der Waals surface area contributed by atoms with E-state index >= 15 is 0 Å². The van der Waals surface area contributed by atoms with Crippen LogP contribution in [-0.2, 0) is 15.9 Å². The van der Waals surface area contributed by atoms with E-state index < -0.39 is 12.4 Å². The first-order valence-electron chi connectivity index (χ1n) is 5.27. The van der Waals surface area contributed by atoms with Gasteiger partial charge in [0.25, 0.3) is 0 Å². The standard InChI is InChI=1S/C12H16O4/c1-2-15-12(14)16-11(13)9-8-10-6-4-3-5-7-10/h3-7,11,13H,2,8-9H2,1H3. The van der Waals surface area contributed by atoms with Crippen molar-refractivity contribution in [1.82, 2.24) is 0 Å². The third-order valence-corrected chi connectivity index (χ3v) is 2.02. The molecule has 88 valence electrons. The number of carbonyl (C=O) groups excluding carboxylic acids is 1. The molecule has 0 aliphatic carbocycles. The zero-order chi connectivity index (χ0) is 11.8. The second-order valence-corrected chi connectivity index (χ2v) is 3.28. The highest BCUT2D eigenvalue weighted by Crippen LogP contribution is 2.06. The van der Waals surface area contributed by atoms with Crippen LogP contribution in [0.5, 0.6) is 0 Å². The molecule has 0 saturated heterocycles. The number of aryl methyl sites for hydroxylation is 1. The third kappa shape index (κ3) is 4.79. The van der Waals surface area contributed by atoms with E-state index in [9.17, 15) is 9.90 Å². The number of aliphatic hydroxyl groups is 1. The molecule has 1 atom stereocenters. The summed E-state index contributed by atoms with van der Waals surface area (Å²) in [6.07, 6.45) is -0.924. The molecule has 4 nitrogen and oxygen atoms in total. The summed E-state index contributed by atoms with van der Waals surface area (Å²) in [5.74, 6) is 0. The Balaban J connectivity index is 2.25. The predicted molar refractivity (Wildman–Crippen MR) is 58.9 cm³/mol. The van der Waals surface area contributed by atoms with Gasteiger partial charge in [0, 0.05) is 6.42 Å². The molecule has 0 fully saturated rings. The largest absolute Gasteiger partial charge is 0.510 e. The van der Waals surface area contributed by atoms with E-state index in [2.05, 4.69) is 9.47 Å². The van der Waals surface area contributed by atoms with Crippen LogP contribution < -0.4 is 0 Å². The van der Waals surface area contributed by atoms with Crippen LogP contribution in [0.25, 0.3) is 0 Å². The van der Waals surface area contributed by atoms with Gasteiger partial charge in [-0.1, -0.05) is 30.3 Å². The molecule has 0 spiro atoms. The molecule has 0 amide bonds. The van der Waals surface area contributed by atoms with Crippen LogP contribution >= 0.6 is 0 Å². The lowest BCUT2D eigenvalue weighted by molar-refractivity contribution is -0.0825. The van der Waals surface area contributed by atoms with Crippen molar-refractivity contribution in [3.63, 3.8) is 0 Å². The molecule has 1 aromatic carbocycles. The average molecular weight is 224 g/mol. The fraction of sp³-hybridized carbons (Fsp3) is 0.417. The van der Waals surface area contributed by atoms with Crippen LogP contribution in [0.1, 0.15) is 18.9 Å². The van der Waals surface area contributed by atoms with Crippen molar-refractivity contribution in [3.8, 4) is 0 Å². The highest BCUT2D eigenvalue weighted by atomic mass is 16.8. The van der Waals surface area contributed by atoms with Gasteiger partial charge in [-0.15, -0.1) is 0 Å². The Bertz CT molecular complexity index is 310. The van der Waals surface area contributed by atoms with Crippen molar-refractivity contribution in [2.24, 2.45) is 0 Å². The van der Waals surface area contributed by atoms with Crippen LogP contribution in [0.2, 0.25) is 0 Å². The van der Waals surface area contributed by atoms with Crippen molar-refractivity contribution in [2.45, 2.75) is 26.1 Å². The molecule has 0 aliphatic rings. The Morgan fingerprint density at radius 3 is 2.69 bits per heavy atom. The maximum absolute atomic E-state index is 10.9. The number of rotatable bonds is 5. The Morgan fingerprint density at radius 2 is 2.06 bits per heavy atom. The minimum atomic E-state index is -1.11. The fourth-order valence-electron chi connectivity index (χ4n) is 1.26. The van der Waals surface area contributed by atoms with E-state index in [1.165, 1.54) is 0 Å². The lowest BCUT2D eigenvalue weighted by atomic mass is 10.1. The molecule has 0 radical (unpaired) electrons. The molecule has 1 aromatic rings. The molecular formula is C12H16O4. The Labute approximate surface area is 94.8 Å². The molecule has 0 heterocycles. The zero-order valence-electron chi connectivity index (χ0n) is 9.26. The zero-order valence-corrected chi connectivity index (χ0v) is 9.26. The minimum absolute atomic E-state index is 0.240. The maximum Gasteiger partial charge on any atom is 0.510 e. The van der Waals surface area contributed by atoms with Gasteiger partial charge in [-0.3, -0.25) is 0 Å². The SMILES string of the molecule is CCOC(=O)OC(O)CCc1ccccc1. The third-order valence-electron chi connectivity index (χ3n) is 2.02. The van der Waals surface area contributed by atoms with Gasteiger partial charge in [-0.05, 0) is 18.9 Å². The van der Waals surface area contributed by atoms with E-state index in [0.717, 1.165) is 5.56 Å². The molecule has 1 unspecified atom stereocenters. The van der Waals surface area contributed by atoms with Crippen molar-refractivity contribution < 1.29 is 19.4 Å². The fourth-order valence-corrected chi connectivity index (χ4v) is 1.26. The molecule has 16 heavy (non-hydrogen) atoms. The normalized spacial score (nSPS) is 11.9. The van der Waals surface area contributed by atoms with Gasteiger partial charge in [0.05, 0.1) is 6.61 Å². The highest BCUT2D eigenvalue weighted by Gasteiger charge is 2.11. The van der Waals surface area contributed by atoms with Crippen LogP contribution in [0, 0.1) is 0 Å². The van der Waals surface area contributed by atoms with Crippen molar-refractivity contribution in [1.29, 1.82) is 0 Å². The molecule has 0 bridgehead atoms. The van der Waals surface area contributed by atoms with Crippen molar-refractivity contribution in [2.75, 3.05) is 6.61 Å². The molecule has 0 saturated carbocycles. The van der Waals surface area contributed by atoms with E-state index in [-0.39, 0.29) is 6.61 Å². The minimum Gasteiger partial charge on any atom is -0.435 e. The smallest absolute Gasteiger partial charge is 0.435 e. The summed E-state index contributed by atoms with van der Waals surface area (Å²) in [4.78, 5) is 10.9. The number of hydrogen-bond acceptors (Lipinski definition) is 4. The molecular weight excluding hydrogens is 208 g/mol. The van der Waals surface area contributed by atoms with Gasteiger partial charge in [0.15, 0.2) is 0 Å². The van der Waals surface area contributed by atoms with Crippen LogP contribution in [-0.4, -0.2) is 24.2 Å². The summed E-state index contributed by atoms with van der Waals surface area (Å²) < 4.78 is 9.15. The number of aliphatic hydroxyl groups excluding tert-OH is 1. The molecule has 0 aliphatic heterocycles. The molecule has 0 aromatic heterocycles. The Kier molecular flexibility index (Phi) is 5.36. The summed E-state index contributed by atoms with van der Waals surface area (Å²) >= 11 is 0.